The molecule has 36 heavy (non-hydrogen) atoms. The standard InChI is InChI=1S/C26H30F3N3O2.C2H6/c1-19-23(30-25(33)21-9-5-10-22(17-21)26(27,28)29)18-24(20-7-3-2-4-8-20)32(19)12-6-11-31-13-15-34-16-14-31;1-2/h3,5,7-10,17-18H,2,4,6,11-16H2,1H3,(H,30,33);1-2H3. The van der Waals surface area contributed by atoms with E-state index in [-0.39, 0.29) is 5.56 Å². The van der Waals surface area contributed by atoms with Crippen molar-refractivity contribution in [3.63, 3.8) is 0 Å². The highest BCUT2D eigenvalue weighted by Gasteiger charge is 2.31. The van der Waals surface area contributed by atoms with Crippen LogP contribution in [0.3, 0.4) is 0 Å². The lowest BCUT2D eigenvalue weighted by Crippen LogP contribution is -2.37. The maximum atomic E-state index is 13.1. The minimum atomic E-state index is -4.50. The Morgan fingerprint density at radius 2 is 1.83 bits per heavy atom. The molecule has 1 N–H and O–H groups in total. The van der Waals surface area contributed by atoms with Gasteiger partial charge in [-0.25, -0.2) is 0 Å². The summed E-state index contributed by atoms with van der Waals surface area (Å²) in [5.74, 6) is -0.556. The van der Waals surface area contributed by atoms with E-state index in [1.54, 1.807) is 0 Å². The maximum Gasteiger partial charge on any atom is 0.416 e. The number of nitrogens with zero attached hydrogens (tertiary/aromatic N) is 2. The van der Waals surface area contributed by atoms with Crippen molar-refractivity contribution in [2.75, 3.05) is 38.2 Å². The third-order valence-corrected chi connectivity index (χ3v) is 6.32. The molecule has 0 radical (unpaired) electrons. The first-order chi connectivity index (χ1) is 17.3. The number of carbonyl (C=O) groups is 1. The third-order valence-electron chi connectivity index (χ3n) is 6.32. The molecule has 0 unspecified atom stereocenters. The van der Waals surface area contributed by atoms with Gasteiger partial charge < -0.3 is 14.6 Å². The largest absolute Gasteiger partial charge is 0.416 e. The van der Waals surface area contributed by atoms with E-state index in [9.17, 15) is 18.0 Å². The number of morpholine rings is 1. The molecule has 196 valence electrons. The number of carbonyl (C=O) groups excluding carboxylic acids is 1. The number of anilines is 1. The Kier molecular flexibility index (Phi) is 9.96. The van der Waals surface area contributed by atoms with Crippen LogP contribution in [0.2, 0.25) is 0 Å². The molecule has 0 bridgehead atoms. The predicted octanol–water partition coefficient (Wildman–Crippen LogP) is 6.55. The van der Waals surface area contributed by atoms with Gasteiger partial charge in [-0.15, -0.1) is 0 Å². The van der Waals surface area contributed by atoms with Crippen LogP contribution in [0.5, 0.6) is 0 Å². The molecule has 5 nitrogen and oxygen atoms in total. The van der Waals surface area contributed by atoms with Crippen LogP contribution in [-0.2, 0) is 17.5 Å². The fourth-order valence-corrected chi connectivity index (χ4v) is 4.41. The highest BCUT2D eigenvalue weighted by molar-refractivity contribution is 6.05. The van der Waals surface area contributed by atoms with Crippen LogP contribution in [-0.4, -0.2) is 48.2 Å². The zero-order valence-electron chi connectivity index (χ0n) is 21.3. The molecule has 2 aliphatic rings. The molecule has 8 heteroatoms. The van der Waals surface area contributed by atoms with Crippen LogP contribution in [0.4, 0.5) is 18.9 Å². The number of hydrogen-bond acceptors (Lipinski definition) is 3. The fourth-order valence-electron chi connectivity index (χ4n) is 4.41. The van der Waals surface area contributed by atoms with E-state index in [1.165, 1.54) is 12.1 Å². The van der Waals surface area contributed by atoms with Gasteiger partial charge in [0.25, 0.3) is 5.91 Å². The summed E-state index contributed by atoms with van der Waals surface area (Å²) in [5.41, 5.74) is 2.75. The zero-order chi connectivity index (χ0) is 26.1. The summed E-state index contributed by atoms with van der Waals surface area (Å²) >= 11 is 0. The van der Waals surface area contributed by atoms with E-state index in [0.717, 1.165) is 87.7 Å². The van der Waals surface area contributed by atoms with E-state index >= 15 is 0 Å². The number of allylic oxidation sites excluding steroid dienone is 4. The Morgan fingerprint density at radius 3 is 2.50 bits per heavy atom. The van der Waals surface area contributed by atoms with E-state index in [1.807, 2.05) is 26.8 Å². The minimum absolute atomic E-state index is 0.0207. The molecule has 1 amide bonds. The lowest BCUT2D eigenvalue weighted by atomic mass is 10.0. The maximum absolute atomic E-state index is 13.1. The summed E-state index contributed by atoms with van der Waals surface area (Å²) in [7, 11) is 0. The highest BCUT2D eigenvalue weighted by Crippen LogP contribution is 2.31. The fraction of sp³-hybridized carbons (Fsp3) is 0.464. The average molecular weight is 504 g/mol. The van der Waals surface area contributed by atoms with Crippen molar-refractivity contribution in [3.8, 4) is 0 Å². The molecule has 2 heterocycles. The van der Waals surface area contributed by atoms with Gasteiger partial charge in [0.05, 0.1) is 30.2 Å². The molecule has 1 aromatic heterocycles. The van der Waals surface area contributed by atoms with Crippen LogP contribution < -0.4 is 5.32 Å². The molecular weight excluding hydrogens is 467 g/mol. The summed E-state index contributed by atoms with van der Waals surface area (Å²) in [4.78, 5) is 15.2. The van der Waals surface area contributed by atoms with Crippen LogP contribution in [0.1, 0.15) is 60.4 Å². The SMILES string of the molecule is CC.Cc1c(NC(=O)c2cccc(C(F)(F)F)c2)cc(C2=CCCC=C2)n1CCCN1CCOCC1. The number of benzene rings is 1. The molecular formula is C28H36F3N3O2. The molecule has 1 fully saturated rings. The highest BCUT2D eigenvalue weighted by atomic mass is 19.4. The van der Waals surface area contributed by atoms with Crippen LogP contribution >= 0.6 is 0 Å². The van der Waals surface area contributed by atoms with Crippen molar-refractivity contribution in [1.82, 2.24) is 9.47 Å². The van der Waals surface area contributed by atoms with Gasteiger partial charge in [0.1, 0.15) is 0 Å². The Labute approximate surface area is 211 Å². The van der Waals surface area contributed by atoms with Gasteiger partial charge in [-0.05, 0) is 56.0 Å². The van der Waals surface area contributed by atoms with Crippen molar-refractivity contribution in [1.29, 1.82) is 0 Å². The number of hydrogen-bond donors (Lipinski definition) is 1. The summed E-state index contributed by atoms with van der Waals surface area (Å²) in [6, 6.07) is 6.43. The monoisotopic (exact) mass is 503 g/mol. The normalized spacial score (nSPS) is 16.2. The number of nitrogens with one attached hydrogen (secondary N) is 1. The van der Waals surface area contributed by atoms with Crippen LogP contribution in [0, 0.1) is 6.92 Å². The van der Waals surface area contributed by atoms with Gasteiger partial charge in [0.2, 0.25) is 0 Å². The van der Waals surface area contributed by atoms with Gasteiger partial charge in [-0.3, -0.25) is 9.69 Å². The number of rotatable bonds is 7. The molecule has 1 aliphatic heterocycles. The van der Waals surface area contributed by atoms with Crippen molar-refractivity contribution < 1.29 is 22.7 Å². The number of aromatic nitrogens is 1. The lowest BCUT2D eigenvalue weighted by molar-refractivity contribution is -0.137. The number of ether oxygens (including phenoxy) is 1. The Morgan fingerprint density at radius 1 is 1.08 bits per heavy atom. The van der Waals surface area contributed by atoms with E-state index in [4.69, 9.17) is 4.74 Å². The number of alkyl halides is 3. The molecule has 0 spiro atoms. The van der Waals surface area contributed by atoms with Gasteiger partial charge >= 0.3 is 6.18 Å². The zero-order valence-corrected chi connectivity index (χ0v) is 21.3. The van der Waals surface area contributed by atoms with Crippen molar-refractivity contribution in [2.45, 2.75) is 52.8 Å². The first kappa shape index (κ1) is 27.7. The average Bonchev–Trinajstić information content (AvgIpc) is 3.21. The van der Waals surface area contributed by atoms with Gasteiger partial charge in [-0.1, -0.05) is 38.1 Å². The predicted molar refractivity (Wildman–Crippen MR) is 138 cm³/mol. The molecule has 4 rings (SSSR count). The van der Waals surface area contributed by atoms with Crippen LogP contribution in [0.25, 0.3) is 5.57 Å². The third kappa shape index (κ3) is 7.11. The van der Waals surface area contributed by atoms with Crippen molar-refractivity contribution >= 4 is 17.2 Å². The molecule has 1 aromatic carbocycles. The Bertz CT molecular complexity index is 1080. The second-order valence-corrected chi connectivity index (χ2v) is 8.66. The number of halogens is 3. The van der Waals surface area contributed by atoms with Crippen LogP contribution in [0.15, 0.2) is 48.6 Å². The van der Waals surface area contributed by atoms with Crippen molar-refractivity contribution in [2.24, 2.45) is 0 Å². The smallest absolute Gasteiger partial charge is 0.379 e. The molecule has 2 aromatic rings. The van der Waals surface area contributed by atoms with Gasteiger partial charge in [-0.2, -0.15) is 13.2 Å². The molecule has 1 aliphatic carbocycles. The van der Waals surface area contributed by atoms with Gasteiger partial charge in [0, 0.05) is 37.4 Å². The molecule has 0 saturated carbocycles. The van der Waals surface area contributed by atoms with E-state index < -0.39 is 17.6 Å². The van der Waals surface area contributed by atoms with Gasteiger partial charge in [0.15, 0.2) is 0 Å². The second kappa shape index (κ2) is 12.9. The lowest BCUT2D eigenvalue weighted by Gasteiger charge is -2.26. The number of amides is 1. The van der Waals surface area contributed by atoms with E-state index in [2.05, 4.69) is 33.0 Å². The minimum Gasteiger partial charge on any atom is -0.379 e. The first-order valence-electron chi connectivity index (χ1n) is 12.7. The quantitative estimate of drug-likeness (QED) is 0.466. The first-order valence-corrected chi connectivity index (χ1v) is 12.7. The van der Waals surface area contributed by atoms with Crippen molar-refractivity contribution in [3.05, 3.63) is 71.1 Å². The van der Waals surface area contributed by atoms with E-state index in [0.29, 0.717) is 5.69 Å². The topological polar surface area (TPSA) is 46.5 Å². The summed E-state index contributed by atoms with van der Waals surface area (Å²) in [5, 5.41) is 2.84. The Hall–Kier alpha value is -2.84. The Balaban J connectivity index is 0.00000176. The second-order valence-electron chi connectivity index (χ2n) is 8.66. The summed E-state index contributed by atoms with van der Waals surface area (Å²) < 4.78 is 46.9. The molecule has 0 atom stereocenters. The summed E-state index contributed by atoms with van der Waals surface area (Å²) in [6.07, 6.45) is 4.82. The summed E-state index contributed by atoms with van der Waals surface area (Å²) in [6.45, 7) is 11.1. The molecule has 1 saturated heterocycles.